The maximum absolute atomic E-state index is 5.80. The zero-order valence-corrected chi connectivity index (χ0v) is 11.4. The van der Waals surface area contributed by atoms with Crippen LogP contribution in [0.3, 0.4) is 0 Å². The Hall–Kier alpha value is -0.430. The van der Waals surface area contributed by atoms with Crippen LogP contribution in [0, 0.1) is 10.5 Å². The van der Waals surface area contributed by atoms with Crippen LogP contribution in [-0.4, -0.2) is 16.6 Å². The van der Waals surface area contributed by atoms with Gasteiger partial charge in [0.15, 0.2) is 5.82 Å². The first kappa shape index (κ1) is 12.6. The van der Waals surface area contributed by atoms with E-state index in [1.807, 2.05) is 20.8 Å². The van der Waals surface area contributed by atoms with Crippen LogP contribution >= 0.6 is 22.6 Å². The summed E-state index contributed by atoms with van der Waals surface area (Å²) in [6, 6.07) is 0. The van der Waals surface area contributed by atoms with Crippen LogP contribution in [-0.2, 0) is 4.74 Å². The van der Waals surface area contributed by atoms with Crippen LogP contribution in [0.5, 0.6) is 0 Å². The molecule has 1 atom stereocenters. The molecular weight excluding hydrogens is 305 g/mol. The van der Waals surface area contributed by atoms with Crippen molar-refractivity contribution in [2.75, 3.05) is 12.3 Å². The van der Waals surface area contributed by atoms with Gasteiger partial charge in [-0.1, -0.05) is 6.92 Å². The molecule has 4 nitrogen and oxygen atoms in total. The van der Waals surface area contributed by atoms with Gasteiger partial charge in [0.2, 0.25) is 0 Å². The Morgan fingerprint density at radius 1 is 1.40 bits per heavy atom. The van der Waals surface area contributed by atoms with Crippen LogP contribution < -0.4 is 5.73 Å². The second-order valence-electron chi connectivity index (χ2n) is 3.22. The number of ether oxygens (including phenoxy) is 1. The minimum Gasteiger partial charge on any atom is -0.383 e. The van der Waals surface area contributed by atoms with Gasteiger partial charge in [0.25, 0.3) is 0 Å². The van der Waals surface area contributed by atoms with Gasteiger partial charge in [0.1, 0.15) is 11.9 Å². The number of hydrogen-bond acceptors (Lipinski definition) is 4. The minimum absolute atomic E-state index is 0.0481. The average Bonchev–Trinajstić information content (AvgIpc) is 2.22. The lowest BCUT2D eigenvalue weighted by Crippen LogP contribution is -2.11. The summed E-state index contributed by atoms with van der Waals surface area (Å²) < 4.78 is 6.46. The molecule has 0 aliphatic carbocycles. The number of anilines is 1. The predicted molar refractivity (Wildman–Crippen MR) is 68.6 cm³/mol. The average molecular weight is 321 g/mol. The molecule has 5 heteroatoms. The predicted octanol–water partition coefficient (Wildman–Crippen LogP) is 2.46. The molecule has 0 radical (unpaired) electrons. The normalized spacial score (nSPS) is 12.8. The summed E-state index contributed by atoms with van der Waals surface area (Å²) in [5.41, 5.74) is 6.71. The molecular formula is C10H16IN3O. The van der Waals surface area contributed by atoms with E-state index in [2.05, 4.69) is 32.6 Å². The monoisotopic (exact) mass is 321 g/mol. The number of nitrogens with two attached hydrogens (primary N) is 1. The summed E-state index contributed by atoms with van der Waals surface area (Å²) in [5, 5.41) is 0. The van der Waals surface area contributed by atoms with Crippen LogP contribution in [0.15, 0.2) is 0 Å². The Bertz CT molecular complexity index is 320. The quantitative estimate of drug-likeness (QED) is 0.866. The van der Waals surface area contributed by atoms with Gasteiger partial charge in [-0.05, 0) is 42.9 Å². The number of rotatable bonds is 4. The van der Waals surface area contributed by atoms with Crippen molar-refractivity contribution in [2.24, 2.45) is 0 Å². The van der Waals surface area contributed by atoms with E-state index >= 15 is 0 Å². The second kappa shape index (κ2) is 5.60. The summed E-state index contributed by atoms with van der Waals surface area (Å²) in [5.74, 6) is 1.23. The molecule has 0 saturated carbocycles. The van der Waals surface area contributed by atoms with E-state index in [4.69, 9.17) is 10.5 Å². The van der Waals surface area contributed by atoms with Crippen molar-refractivity contribution in [1.29, 1.82) is 0 Å². The lowest BCUT2D eigenvalue weighted by atomic mass is 10.2. The fourth-order valence-corrected chi connectivity index (χ4v) is 1.57. The third-order valence-electron chi connectivity index (χ3n) is 2.09. The molecule has 1 rings (SSSR count). The van der Waals surface area contributed by atoms with Crippen LogP contribution in [0.4, 0.5) is 5.82 Å². The van der Waals surface area contributed by atoms with E-state index in [-0.39, 0.29) is 6.10 Å². The maximum Gasteiger partial charge on any atom is 0.159 e. The van der Waals surface area contributed by atoms with Crippen LogP contribution in [0.25, 0.3) is 0 Å². The van der Waals surface area contributed by atoms with Crippen molar-refractivity contribution in [3.63, 3.8) is 0 Å². The molecule has 1 unspecified atom stereocenters. The second-order valence-corrected chi connectivity index (χ2v) is 4.30. The van der Waals surface area contributed by atoms with Gasteiger partial charge in [-0.15, -0.1) is 0 Å². The number of aryl methyl sites for hydroxylation is 1. The molecule has 0 aliphatic heterocycles. The fourth-order valence-electron chi connectivity index (χ4n) is 1.32. The van der Waals surface area contributed by atoms with Crippen molar-refractivity contribution in [3.8, 4) is 0 Å². The maximum atomic E-state index is 5.80. The van der Waals surface area contributed by atoms with Gasteiger partial charge in [0.05, 0.1) is 9.26 Å². The van der Waals surface area contributed by atoms with Crippen molar-refractivity contribution in [1.82, 2.24) is 9.97 Å². The Balaban J connectivity index is 3.03. The van der Waals surface area contributed by atoms with Gasteiger partial charge >= 0.3 is 0 Å². The van der Waals surface area contributed by atoms with E-state index in [9.17, 15) is 0 Å². The molecule has 1 aromatic heterocycles. The SMILES string of the molecule is CCOC(CC)c1nc(C)c(I)c(N)n1. The molecule has 2 N–H and O–H groups in total. The van der Waals surface area contributed by atoms with Gasteiger partial charge in [-0.25, -0.2) is 9.97 Å². The van der Waals surface area contributed by atoms with E-state index < -0.39 is 0 Å². The highest BCUT2D eigenvalue weighted by molar-refractivity contribution is 14.1. The van der Waals surface area contributed by atoms with Gasteiger partial charge < -0.3 is 10.5 Å². The summed E-state index contributed by atoms with van der Waals surface area (Å²) in [4.78, 5) is 8.66. The highest BCUT2D eigenvalue weighted by atomic mass is 127. The number of nitrogens with zero attached hydrogens (tertiary/aromatic N) is 2. The smallest absolute Gasteiger partial charge is 0.159 e. The van der Waals surface area contributed by atoms with Gasteiger partial charge in [0, 0.05) is 6.61 Å². The summed E-state index contributed by atoms with van der Waals surface area (Å²) in [6.45, 7) is 6.60. The van der Waals surface area contributed by atoms with Crippen molar-refractivity contribution < 1.29 is 4.74 Å². The van der Waals surface area contributed by atoms with Crippen molar-refractivity contribution in [3.05, 3.63) is 15.1 Å². The molecule has 1 aromatic rings. The molecule has 15 heavy (non-hydrogen) atoms. The molecule has 84 valence electrons. The topological polar surface area (TPSA) is 61.0 Å². The number of hydrogen-bond donors (Lipinski definition) is 1. The van der Waals surface area contributed by atoms with E-state index in [1.54, 1.807) is 0 Å². The first-order chi connectivity index (χ1) is 7.10. The number of aromatic nitrogens is 2. The van der Waals surface area contributed by atoms with E-state index in [0.717, 1.165) is 15.7 Å². The molecule has 0 saturated heterocycles. The van der Waals surface area contributed by atoms with Crippen molar-refractivity contribution >= 4 is 28.4 Å². The third-order valence-corrected chi connectivity index (χ3v) is 3.42. The largest absolute Gasteiger partial charge is 0.383 e. The summed E-state index contributed by atoms with van der Waals surface area (Å²) in [7, 11) is 0. The van der Waals surface area contributed by atoms with Crippen LogP contribution in [0.2, 0.25) is 0 Å². The Kier molecular flexibility index (Phi) is 4.72. The van der Waals surface area contributed by atoms with Gasteiger partial charge in [-0.2, -0.15) is 0 Å². The fraction of sp³-hybridized carbons (Fsp3) is 0.600. The number of halogens is 1. The lowest BCUT2D eigenvalue weighted by molar-refractivity contribution is 0.0534. The molecule has 0 amide bonds. The van der Waals surface area contributed by atoms with E-state index in [1.165, 1.54) is 0 Å². The Labute approximate surface area is 104 Å². The third kappa shape index (κ3) is 3.01. The molecule has 0 spiro atoms. The number of nitrogen functional groups attached to an aromatic ring is 1. The first-order valence-electron chi connectivity index (χ1n) is 5.01. The molecule has 0 bridgehead atoms. The van der Waals surface area contributed by atoms with Crippen molar-refractivity contribution in [2.45, 2.75) is 33.3 Å². The van der Waals surface area contributed by atoms with Gasteiger partial charge in [-0.3, -0.25) is 0 Å². The van der Waals surface area contributed by atoms with Crippen LogP contribution in [0.1, 0.15) is 37.9 Å². The lowest BCUT2D eigenvalue weighted by Gasteiger charge is -2.15. The summed E-state index contributed by atoms with van der Waals surface area (Å²) in [6.07, 6.45) is 0.806. The standard InChI is InChI=1S/C10H16IN3O/c1-4-7(15-5-2)10-13-6(3)8(11)9(12)14-10/h7H,4-5H2,1-3H3,(H2,12,13,14). The zero-order chi connectivity index (χ0) is 11.4. The van der Waals surface area contributed by atoms with E-state index in [0.29, 0.717) is 18.2 Å². The molecule has 0 aromatic carbocycles. The minimum atomic E-state index is -0.0481. The highest BCUT2D eigenvalue weighted by Crippen LogP contribution is 2.22. The molecule has 0 aliphatic rings. The molecule has 1 heterocycles. The highest BCUT2D eigenvalue weighted by Gasteiger charge is 2.15. The molecule has 0 fully saturated rings. The summed E-state index contributed by atoms with van der Waals surface area (Å²) >= 11 is 2.15. The first-order valence-corrected chi connectivity index (χ1v) is 6.09. The Morgan fingerprint density at radius 2 is 2.07 bits per heavy atom. The Morgan fingerprint density at radius 3 is 2.53 bits per heavy atom. The zero-order valence-electron chi connectivity index (χ0n) is 9.25.